The first kappa shape index (κ1) is 30.0. The zero-order chi connectivity index (χ0) is 29.5. The summed E-state index contributed by atoms with van der Waals surface area (Å²) in [5.41, 5.74) is 5.53. The van der Waals surface area contributed by atoms with Crippen molar-refractivity contribution < 1.29 is 10.0 Å². The van der Waals surface area contributed by atoms with Crippen LogP contribution in [0.25, 0.3) is 45.3 Å². The SMILES string of the molecule is Brc1ccc(-c2nc(-c3ccc(Br)cc3)nc(-c3ccc(Br)cc3)n2)cc1.OB(O)c1ccc(-c2ccccc2)cc1. The van der Waals surface area contributed by atoms with E-state index in [2.05, 4.69) is 47.8 Å². The second-order valence-electron chi connectivity index (χ2n) is 9.19. The van der Waals surface area contributed by atoms with Gasteiger partial charge >= 0.3 is 7.12 Å². The molecular weight excluding hydrogens is 721 g/mol. The van der Waals surface area contributed by atoms with Gasteiger partial charge in [-0.15, -0.1) is 0 Å². The van der Waals surface area contributed by atoms with Crippen LogP contribution in [0, 0.1) is 0 Å². The predicted octanol–water partition coefficient (Wildman–Crippen LogP) is 8.19. The highest BCUT2D eigenvalue weighted by Crippen LogP contribution is 2.27. The van der Waals surface area contributed by atoms with Crippen LogP contribution in [-0.2, 0) is 0 Å². The lowest BCUT2D eigenvalue weighted by Crippen LogP contribution is -2.29. The fraction of sp³-hybridized carbons (Fsp3) is 0. The molecule has 0 unspecified atom stereocenters. The highest BCUT2D eigenvalue weighted by atomic mass is 79.9. The number of hydrogen-bond donors (Lipinski definition) is 2. The molecule has 2 N–H and O–H groups in total. The number of nitrogens with zero attached hydrogens (tertiary/aromatic N) is 3. The van der Waals surface area contributed by atoms with Crippen molar-refractivity contribution in [2.45, 2.75) is 0 Å². The van der Waals surface area contributed by atoms with E-state index in [1.807, 2.05) is 115 Å². The smallest absolute Gasteiger partial charge is 0.423 e. The minimum atomic E-state index is -1.39. The van der Waals surface area contributed by atoms with Crippen LogP contribution in [0.1, 0.15) is 0 Å². The van der Waals surface area contributed by atoms with Crippen LogP contribution >= 0.6 is 47.8 Å². The Morgan fingerprint density at radius 1 is 0.381 bits per heavy atom. The monoisotopic (exact) mass is 741 g/mol. The molecule has 0 saturated carbocycles. The highest BCUT2D eigenvalue weighted by molar-refractivity contribution is 9.11. The van der Waals surface area contributed by atoms with E-state index in [9.17, 15) is 0 Å². The van der Waals surface area contributed by atoms with E-state index in [4.69, 9.17) is 25.0 Å². The van der Waals surface area contributed by atoms with Gasteiger partial charge < -0.3 is 10.0 Å². The third-order valence-corrected chi connectivity index (χ3v) is 7.84. The molecule has 9 heteroatoms. The molecule has 42 heavy (non-hydrogen) atoms. The van der Waals surface area contributed by atoms with E-state index in [-0.39, 0.29) is 0 Å². The molecule has 0 radical (unpaired) electrons. The zero-order valence-corrected chi connectivity index (χ0v) is 26.8. The lowest BCUT2D eigenvalue weighted by atomic mass is 9.80. The van der Waals surface area contributed by atoms with Crippen LogP contribution in [0.5, 0.6) is 0 Å². The molecule has 0 spiro atoms. The molecule has 0 bridgehead atoms. The van der Waals surface area contributed by atoms with E-state index >= 15 is 0 Å². The van der Waals surface area contributed by atoms with Crippen molar-refractivity contribution in [3.8, 4) is 45.3 Å². The van der Waals surface area contributed by atoms with Gasteiger partial charge in [0.2, 0.25) is 0 Å². The second-order valence-corrected chi connectivity index (χ2v) is 11.9. The standard InChI is InChI=1S/C21H12Br3N3.C12H11BO2/c22-16-7-1-13(2-8-16)19-25-20(14-3-9-17(23)10-4-14)27-21(26-19)15-5-11-18(24)12-6-15;14-13(15)12-8-6-11(7-9-12)10-4-2-1-3-5-10/h1-12H;1-9,14-15H. The number of benzene rings is 5. The average Bonchev–Trinajstić information content (AvgIpc) is 3.03. The third-order valence-electron chi connectivity index (χ3n) is 6.26. The molecule has 0 saturated heterocycles. The number of halogens is 3. The van der Waals surface area contributed by atoms with Gasteiger partial charge in [-0.05, 0) is 53.0 Å². The molecule has 1 heterocycles. The Labute approximate surface area is 269 Å². The molecule has 5 nitrogen and oxygen atoms in total. The van der Waals surface area contributed by atoms with E-state index < -0.39 is 7.12 Å². The quantitative estimate of drug-likeness (QED) is 0.174. The summed E-state index contributed by atoms with van der Waals surface area (Å²) < 4.78 is 3.05. The van der Waals surface area contributed by atoms with E-state index in [1.54, 1.807) is 12.1 Å². The number of hydrogen-bond acceptors (Lipinski definition) is 5. The van der Waals surface area contributed by atoms with Gasteiger partial charge in [-0.3, -0.25) is 0 Å². The van der Waals surface area contributed by atoms with Crippen LogP contribution < -0.4 is 5.46 Å². The number of rotatable bonds is 5. The molecule has 0 aliphatic rings. The molecule has 6 aromatic rings. The largest absolute Gasteiger partial charge is 0.488 e. The summed E-state index contributed by atoms with van der Waals surface area (Å²) in [6.45, 7) is 0. The predicted molar refractivity (Wildman–Crippen MR) is 181 cm³/mol. The molecule has 206 valence electrons. The Morgan fingerprint density at radius 2 is 0.690 bits per heavy atom. The Balaban J connectivity index is 0.000000199. The molecule has 0 aliphatic heterocycles. The molecule has 0 fully saturated rings. The Morgan fingerprint density at radius 3 is 1.02 bits per heavy atom. The van der Waals surface area contributed by atoms with Crippen LogP contribution in [0.2, 0.25) is 0 Å². The maximum atomic E-state index is 8.94. The lowest BCUT2D eigenvalue weighted by molar-refractivity contribution is 0.426. The molecule has 5 aromatic carbocycles. The molecular formula is C33H23BBr3N3O2. The minimum Gasteiger partial charge on any atom is -0.423 e. The van der Waals surface area contributed by atoms with E-state index in [0.717, 1.165) is 41.2 Å². The van der Waals surface area contributed by atoms with Gasteiger partial charge in [0, 0.05) is 30.1 Å². The summed E-state index contributed by atoms with van der Waals surface area (Å²) in [7, 11) is -1.39. The van der Waals surface area contributed by atoms with Crippen LogP contribution in [0.3, 0.4) is 0 Å². The van der Waals surface area contributed by atoms with Crippen molar-refractivity contribution in [2.24, 2.45) is 0 Å². The maximum Gasteiger partial charge on any atom is 0.488 e. The van der Waals surface area contributed by atoms with Crippen LogP contribution in [0.4, 0.5) is 0 Å². The average molecular weight is 744 g/mol. The minimum absolute atomic E-state index is 0.509. The highest BCUT2D eigenvalue weighted by Gasteiger charge is 2.12. The Bertz CT molecular complexity index is 1600. The maximum absolute atomic E-state index is 8.94. The lowest BCUT2D eigenvalue weighted by Gasteiger charge is -2.08. The Hall–Kier alpha value is -3.47. The topological polar surface area (TPSA) is 79.1 Å². The van der Waals surface area contributed by atoms with Crippen molar-refractivity contribution >= 4 is 60.4 Å². The molecule has 0 amide bonds. The van der Waals surface area contributed by atoms with Crippen molar-refractivity contribution in [3.05, 3.63) is 141 Å². The summed E-state index contributed by atoms with van der Waals surface area (Å²) in [5.74, 6) is 1.94. The van der Waals surface area contributed by atoms with Crippen LogP contribution in [-0.4, -0.2) is 32.1 Å². The molecule has 1 aromatic heterocycles. The van der Waals surface area contributed by atoms with Gasteiger partial charge in [-0.2, -0.15) is 0 Å². The van der Waals surface area contributed by atoms with Crippen molar-refractivity contribution in [1.29, 1.82) is 0 Å². The first-order valence-corrected chi connectivity index (χ1v) is 15.3. The molecule has 6 rings (SSSR count). The van der Waals surface area contributed by atoms with E-state index in [1.165, 1.54) is 0 Å². The Kier molecular flexibility index (Phi) is 10.1. The second kappa shape index (κ2) is 14.1. The van der Waals surface area contributed by atoms with Gasteiger partial charge in [-0.25, -0.2) is 15.0 Å². The van der Waals surface area contributed by atoms with Crippen LogP contribution in [0.15, 0.2) is 141 Å². The van der Waals surface area contributed by atoms with Gasteiger partial charge in [0.25, 0.3) is 0 Å². The zero-order valence-electron chi connectivity index (χ0n) is 22.1. The van der Waals surface area contributed by atoms with Gasteiger partial charge in [0.15, 0.2) is 17.5 Å². The summed E-state index contributed by atoms with van der Waals surface area (Å²) in [6.07, 6.45) is 0. The summed E-state index contributed by atoms with van der Waals surface area (Å²) in [4.78, 5) is 14.1. The van der Waals surface area contributed by atoms with Crippen molar-refractivity contribution in [2.75, 3.05) is 0 Å². The summed E-state index contributed by atoms with van der Waals surface area (Å²) in [6, 6.07) is 41.0. The number of aromatic nitrogens is 3. The first-order chi connectivity index (χ1) is 20.4. The third kappa shape index (κ3) is 7.88. The van der Waals surface area contributed by atoms with Crippen molar-refractivity contribution in [3.63, 3.8) is 0 Å². The fourth-order valence-electron chi connectivity index (χ4n) is 4.04. The van der Waals surface area contributed by atoms with Gasteiger partial charge in [0.05, 0.1) is 0 Å². The molecule has 0 aliphatic carbocycles. The summed E-state index contributed by atoms with van der Waals surface area (Å²) >= 11 is 10.4. The van der Waals surface area contributed by atoms with Crippen molar-refractivity contribution in [1.82, 2.24) is 15.0 Å². The molecule has 0 atom stereocenters. The fourth-order valence-corrected chi connectivity index (χ4v) is 4.83. The summed E-state index contributed by atoms with van der Waals surface area (Å²) in [5, 5.41) is 17.9. The normalized spacial score (nSPS) is 10.5. The first-order valence-electron chi connectivity index (χ1n) is 12.9. The van der Waals surface area contributed by atoms with Gasteiger partial charge in [0.1, 0.15) is 0 Å². The van der Waals surface area contributed by atoms with E-state index in [0.29, 0.717) is 22.9 Å². The van der Waals surface area contributed by atoms with Gasteiger partial charge in [-0.1, -0.05) is 139 Å².